The van der Waals surface area contributed by atoms with Gasteiger partial charge in [0.25, 0.3) is 11.6 Å². The fourth-order valence-electron chi connectivity index (χ4n) is 2.43. The Bertz CT molecular complexity index is 601. The average molecular weight is 339 g/mol. The lowest BCUT2D eigenvalue weighted by atomic mass is 10.1. The second kappa shape index (κ2) is 8.46. The molecule has 1 atom stereocenters. The summed E-state index contributed by atoms with van der Waals surface area (Å²) in [7, 11) is 2.93. The van der Waals surface area contributed by atoms with Gasteiger partial charge < -0.3 is 24.8 Å². The van der Waals surface area contributed by atoms with Crippen molar-refractivity contribution in [2.45, 2.75) is 12.5 Å². The van der Waals surface area contributed by atoms with Crippen LogP contribution in [0.15, 0.2) is 12.1 Å². The van der Waals surface area contributed by atoms with E-state index in [-0.39, 0.29) is 35.4 Å². The number of nitro benzene ring substituents is 1. The molecule has 0 saturated carbocycles. The Balaban J connectivity index is 2.27. The Kier molecular flexibility index (Phi) is 6.33. The summed E-state index contributed by atoms with van der Waals surface area (Å²) in [6.07, 6.45) is 0.787. The standard InChI is InChI=1S/C15H21N3O6/c1-22-5-6-24-14-8-12(18(20)21)11(7-13(14)23-2)15(19)17-10-3-4-16-9-10/h7-8,10,16H,3-6,9H2,1-2H3,(H,17,19). The zero-order valence-electron chi connectivity index (χ0n) is 13.7. The molecule has 1 saturated heterocycles. The number of nitro groups is 1. The fraction of sp³-hybridized carbons (Fsp3) is 0.533. The first-order chi connectivity index (χ1) is 11.6. The Morgan fingerprint density at radius 2 is 2.17 bits per heavy atom. The summed E-state index contributed by atoms with van der Waals surface area (Å²) >= 11 is 0. The summed E-state index contributed by atoms with van der Waals surface area (Å²) in [6.45, 7) is 1.99. The van der Waals surface area contributed by atoms with Crippen LogP contribution in [0.1, 0.15) is 16.8 Å². The summed E-state index contributed by atoms with van der Waals surface area (Å²) < 4.78 is 15.5. The van der Waals surface area contributed by atoms with Crippen molar-refractivity contribution in [3.63, 3.8) is 0 Å². The van der Waals surface area contributed by atoms with Crippen molar-refractivity contribution in [1.29, 1.82) is 0 Å². The zero-order chi connectivity index (χ0) is 17.5. The molecular formula is C15H21N3O6. The molecule has 0 spiro atoms. The number of rotatable bonds is 8. The minimum Gasteiger partial charge on any atom is -0.493 e. The van der Waals surface area contributed by atoms with Gasteiger partial charge in [-0.25, -0.2) is 0 Å². The van der Waals surface area contributed by atoms with E-state index in [0.29, 0.717) is 13.2 Å². The van der Waals surface area contributed by atoms with Crippen LogP contribution in [0.2, 0.25) is 0 Å². The predicted octanol–water partition coefficient (Wildman–Crippen LogP) is 0.720. The van der Waals surface area contributed by atoms with Gasteiger partial charge in [0, 0.05) is 25.8 Å². The van der Waals surface area contributed by atoms with Crippen LogP contribution in [0, 0.1) is 10.1 Å². The number of hydrogen-bond acceptors (Lipinski definition) is 7. The SMILES string of the molecule is COCCOc1cc([N+](=O)[O-])c(C(=O)NC2CCNC2)cc1OC. The Labute approximate surface area is 139 Å². The van der Waals surface area contributed by atoms with Gasteiger partial charge in [-0.2, -0.15) is 0 Å². The highest BCUT2D eigenvalue weighted by molar-refractivity contribution is 5.99. The first-order valence-electron chi connectivity index (χ1n) is 7.56. The maximum atomic E-state index is 12.4. The third-order valence-electron chi connectivity index (χ3n) is 3.66. The Hall–Kier alpha value is -2.39. The van der Waals surface area contributed by atoms with Crippen molar-refractivity contribution in [2.75, 3.05) is 40.5 Å². The highest BCUT2D eigenvalue weighted by Crippen LogP contribution is 2.34. The third-order valence-corrected chi connectivity index (χ3v) is 3.66. The predicted molar refractivity (Wildman–Crippen MR) is 85.8 cm³/mol. The Morgan fingerprint density at radius 1 is 1.38 bits per heavy atom. The van der Waals surface area contributed by atoms with E-state index < -0.39 is 10.8 Å². The molecule has 1 aliphatic rings. The van der Waals surface area contributed by atoms with Crippen LogP contribution in [0.25, 0.3) is 0 Å². The minimum atomic E-state index is -0.607. The molecule has 9 nitrogen and oxygen atoms in total. The quantitative estimate of drug-likeness (QED) is 0.408. The molecule has 0 radical (unpaired) electrons. The first kappa shape index (κ1) is 18.0. The molecule has 2 rings (SSSR count). The van der Waals surface area contributed by atoms with E-state index in [2.05, 4.69) is 10.6 Å². The van der Waals surface area contributed by atoms with Crippen LogP contribution < -0.4 is 20.1 Å². The molecule has 24 heavy (non-hydrogen) atoms. The number of carbonyl (C=O) groups is 1. The molecule has 1 unspecified atom stereocenters. The number of amides is 1. The van der Waals surface area contributed by atoms with Crippen LogP contribution in [-0.4, -0.2) is 57.4 Å². The smallest absolute Gasteiger partial charge is 0.286 e. The number of carbonyl (C=O) groups excluding carboxylic acids is 1. The summed E-state index contributed by atoms with van der Waals surface area (Å²) in [6, 6.07) is 2.50. The van der Waals surface area contributed by atoms with E-state index in [4.69, 9.17) is 14.2 Å². The largest absolute Gasteiger partial charge is 0.493 e. The second-order valence-corrected chi connectivity index (χ2v) is 5.28. The van der Waals surface area contributed by atoms with Gasteiger partial charge in [0.2, 0.25) is 0 Å². The van der Waals surface area contributed by atoms with Crippen LogP contribution in [-0.2, 0) is 4.74 Å². The van der Waals surface area contributed by atoms with Gasteiger partial charge in [-0.3, -0.25) is 14.9 Å². The first-order valence-corrected chi connectivity index (χ1v) is 7.56. The number of methoxy groups -OCH3 is 2. The van der Waals surface area contributed by atoms with Gasteiger partial charge in [-0.15, -0.1) is 0 Å². The van der Waals surface area contributed by atoms with Gasteiger partial charge in [-0.05, 0) is 13.0 Å². The Morgan fingerprint density at radius 3 is 2.75 bits per heavy atom. The van der Waals surface area contributed by atoms with Crippen molar-refractivity contribution < 1.29 is 23.9 Å². The molecule has 1 heterocycles. The molecular weight excluding hydrogens is 318 g/mol. The number of ether oxygens (including phenoxy) is 3. The van der Waals surface area contributed by atoms with E-state index in [1.807, 2.05) is 0 Å². The van der Waals surface area contributed by atoms with Gasteiger partial charge in [-0.1, -0.05) is 0 Å². The number of nitrogens with zero attached hydrogens (tertiary/aromatic N) is 1. The summed E-state index contributed by atoms with van der Waals surface area (Å²) in [5.41, 5.74) is -0.380. The van der Waals surface area contributed by atoms with E-state index in [1.54, 1.807) is 0 Å². The minimum absolute atomic E-state index is 0.0410. The maximum Gasteiger partial charge on any atom is 0.286 e. The topological polar surface area (TPSA) is 112 Å². The molecule has 0 aromatic heterocycles. The van der Waals surface area contributed by atoms with Crippen molar-refractivity contribution in [1.82, 2.24) is 10.6 Å². The van der Waals surface area contributed by atoms with Gasteiger partial charge in [0.1, 0.15) is 12.2 Å². The maximum absolute atomic E-state index is 12.4. The third kappa shape index (κ3) is 4.33. The van der Waals surface area contributed by atoms with Crippen molar-refractivity contribution >= 4 is 11.6 Å². The molecule has 132 valence electrons. The number of hydrogen-bond donors (Lipinski definition) is 2. The normalized spacial score (nSPS) is 16.7. The second-order valence-electron chi connectivity index (χ2n) is 5.28. The van der Waals surface area contributed by atoms with Crippen LogP contribution >= 0.6 is 0 Å². The van der Waals surface area contributed by atoms with E-state index in [0.717, 1.165) is 13.0 Å². The van der Waals surface area contributed by atoms with Crippen LogP contribution in [0.5, 0.6) is 11.5 Å². The van der Waals surface area contributed by atoms with E-state index in [1.165, 1.54) is 26.4 Å². The van der Waals surface area contributed by atoms with Crippen molar-refractivity contribution in [2.24, 2.45) is 0 Å². The van der Waals surface area contributed by atoms with E-state index >= 15 is 0 Å². The molecule has 1 fully saturated rings. The van der Waals surface area contributed by atoms with E-state index in [9.17, 15) is 14.9 Å². The summed E-state index contributed by atoms with van der Waals surface area (Å²) in [5, 5.41) is 17.3. The lowest BCUT2D eigenvalue weighted by molar-refractivity contribution is -0.385. The highest BCUT2D eigenvalue weighted by atomic mass is 16.6. The number of nitrogens with one attached hydrogen (secondary N) is 2. The average Bonchev–Trinajstić information content (AvgIpc) is 3.07. The molecule has 1 aliphatic heterocycles. The number of benzene rings is 1. The van der Waals surface area contributed by atoms with Gasteiger partial charge >= 0.3 is 0 Å². The molecule has 9 heteroatoms. The summed E-state index contributed by atoms with van der Waals surface area (Å²) in [4.78, 5) is 23.1. The molecule has 0 aliphatic carbocycles. The van der Waals surface area contributed by atoms with Crippen LogP contribution in [0.3, 0.4) is 0 Å². The molecule has 1 amide bonds. The summed E-state index contributed by atoms with van der Waals surface area (Å²) in [5.74, 6) is -0.0520. The lowest BCUT2D eigenvalue weighted by Gasteiger charge is -2.14. The van der Waals surface area contributed by atoms with Gasteiger partial charge in [0.05, 0.1) is 24.7 Å². The lowest BCUT2D eigenvalue weighted by Crippen LogP contribution is -2.36. The monoisotopic (exact) mass is 339 g/mol. The molecule has 2 N–H and O–H groups in total. The van der Waals surface area contributed by atoms with Crippen molar-refractivity contribution in [3.05, 3.63) is 27.8 Å². The molecule has 0 bridgehead atoms. The van der Waals surface area contributed by atoms with Crippen LogP contribution in [0.4, 0.5) is 5.69 Å². The molecule has 1 aromatic rings. The molecule has 1 aromatic carbocycles. The van der Waals surface area contributed by atoms with Crippen molar-refractivity contribution in [3.8, 4) is 11.5 Å². The fourth-order valence-corrected chi connectivity index (χ4v) is 2.43. The van der Waals surface area contributed by atoms with Gasteiger partial charge in [0.15, 0.2) is 11.5 Å². The highest BCUT2D eigenvalue weighted by Gasteiger charge is 2.27. The zero-order valence-corrected chi connectivity index (χ0v) is 13.7.